The maximum absolute atomic E-state index is 6.43. The summed E-state index contributed by atoms with van der Waals surface area (Å²) in [4.78, 5) is 1.19. The highest BCUT2D eigenvalue weighted by Gasteiger charge is 2.09. The van der Waals surface area contributed by atoms with Crippen molar-refractivity contribution in [2.45, 2.75) is 13.5 Å². The summed E-state index contributed by atoms with van der Waals surface area (Å²) in [7, 11) is 0. The van der Waals surface area contributed by atoms with Gasteiger partial charge in [-0.05, 0) is 24.6 Å². The fourth-order valence-corrected chi connectivity index (χ4v) is 3.56. The van der Waals surface area contributed by atoms with Gasteiger partial charge in [0.25, 0.3) is 0 Å². The van der Waals surface area contributed by atoms with Crippen molar-refractivity contribution in [3.05, 3.63) is 64.0 Å². The third-order valence-corrected chi connectivity index (χ3v) is 4.90. The van der Waals surface area contributed by atoms with E-state index in [1.54, 1.807) is 11.3 Å². The number of rotatable bonds is 3. The van der Waals surface area contributed by atoms with Gasteiger partial charge in [-0.3, -0.25) is 0 Å². The summed E-state index contributed by atoms with van der Waals surface area (Å²) in [6.45, 7) is 2.87. The lowest BCUT2D eigenvalue weighted by Gasteiger charge is -2.08. The predicted molar refractivity (Wildman–Crippen MR) is 85.3 cm³/mol. The molecule has 1 aromatic heterocycles. The Morgan fingerprint density at radius 1 is 1.05 bits per heavy atom. The number of fused-ring (bicyclic) bond motifs is 1. The molecule has 0 saturated carbocycles. The van der Waals surface area contributed by atoms with Crippen LogP contribution < -0.4 is 5.32 Å². The average molecular weight is 288 g/mol. The Balaban J connectivity index is 1.86. The second-order valence-corrected chi connectivity index (χ2v) is 6.02. The van der Waals surface area contributed by atoms with E-state index < -0.39 is 0 Å². The standard InChI is InChI=1S/C16H14ClNS/c1-11-6-2-4-8-13(11)18-10-15-16(17)12-7-3-5-9-14(12)19-15/h2-9,18H,10H2,1H3. The Bertz CT molecular complexity index is 718. The molecule has 1 nitrogen and oxygen atoms in total. The van der Waals surface area contributed by atoms with Crippen LogP contribution in [-0.2, 0) is 6.54 Å². The highest BCUT2D eigenvalue weighted by Crippen LogP contribution is 2.35. The van der Waals surface area contributed by atoms with Gasteiger partial charge in [-0.15, -0.1) is 11.3 Å². The van der Waals surface area contributed by atoms with E-state index in [4.69, 9.17) is 11.6 Å². The zero-order chi connectivity index (χ0) is 13.2. The van der Waals surface area contributed by atoms with Crippen LogP contribution in [0.5, 0.6) is 0 Å². The van der Waals surface area contributed by atoms with Crippen LogP contribution in [0.4, 0.5) is 5.69 Å². The summed E-state index contributed by atoms with van der Waals surface area (Å²) in [5.41, 5.74) is 2.41. The Morgan fingerprint density at radius 2 is 1.79 bits per heavy atom. The number of para-hydroxylation sites is 1. The second kappa shape index (κ2) is 5.24. The number of anilines is 1. The molecular formula is C16H14ClNS. The summed E-state index contributed by atoms with van der Waals surface area (Å²) < 4.78 is 1.24. The quantitative estimate of drug-likeness (QED) is 0.673. The van der Waals surface area contributed by atoms with Crippen molar-refractivity contribution in [3.63, 3.8) is 0 Å². The molecule has 0 bridgehead atoms. The Morgan fingerprint density at radius 3 is 2.58 bits per heavy atom. The van der Waals surface area contributed by atoms with Crippen LogP contribution in [0.25, 0.3) is 10.1 Å². The van der Waals surface area contributed by atoms with Crippen LogP contribution in [0.1, 0.15) is 10.4 Å². The molecule has 0 unspecified atom stereocenters. The van der Waals surface area contributed by atoms with Gasteiger partial charge >= 0.3 is 0 Å². The largest absolute Gasteiger partial charge is 0.380 e. The van der Waals surface area contributed by atoms with E-state index in [0.29, 0.717) is 0 Å². The van der Waals surface area contributed by atoms with E-state index in [1.807, 2.05) is 24.3 Å². The molecule has 3 heteroatoms. The fourth-order valence-electron chi connectivity index (χ4n) is 2.13. The molecule has 1 N–H and O–H groups in total. The smallest absolute Gasteiger partial charge is 0.0642 e. The third kappa shape index (κ3) is 2.46. The summed E-state index contributed by atoms with van der Waals surface area (Å²) in [5.74, 6) is 0. The lowest BCUT2D eigenvalue weighted by Crippen LogP contribution is -1.99. The van der Waals surface area contributed by atoms with Gasteiger partial charge in [0, 0.05) is 20.7 Å². The first-order valence-electron chi connectivity index (χ1n) is 6.21. The predicted octanol–water partition coefficient (Wildman–Crippen LogP) is 5.48. The normalized spacial score (nSPS) is 10.8. The number of thiophene rings is 1. The molecule has 3 rings (SSSR count). The lowest BCUT2D eigenvalue weighted by molar-refractivity contribution is 1.18. The minimum Gasteiger partial charge on any atom is -0.380 e. The maximum Gasteiger partial charge on any atom is 0.0642 e. The summed E-state index contributed by atoms with van der Waals surface area (Å²) in [6, 6.07) is 16.6. The van der Waals surface area contributed by atoms with Crippen molar-refractivity contribution < 1.29 is 0 Å². The lowest BCUT2D eigenvalue weighted by atomic mass is 10.2. The van der Waals surface area contributed by atoms with Gasteiger partial charge in [-0.25, -0.2) is 0 Å². The first-order valence-corrected chi connectivity index (χ1v) is 7.40. The molecular weight excluding hydrogens is 274 g/mol. The fraction of sp³-hybridized carbons (Fsp3) is 0.125. The van der Waals surface area contributed by atoms with Crippen LogP contribution in [0.15, 0.2) is 48.5 Å². The molecule has 0 aliphatic carbocycles. The number of benzene rings is 2. The molecule has 0 radical (unpaired) electrons. The van der Waals surface area contributed by atoms with Crippen LogP contribution >= 0.6 is 22.9 Å². The van der Waals surface area contributed by atoms with Gasteiger partial charge < -0.3 is 5.32 Å². The van der Waals surface area contributed by atoms with Crippen molar-refractivity contribution in [1.29, 1.82) is 0 Å². The number of aryl methyl sites for hydroxylation is 1. The highest BCUT2D eigenvalue weighted by atomic mass is 35.5. The molecule has 0 aliphatic rings. The van der Waals surface area contributed by atoms with Crippen molar-refractivity contribution in [2.24, 2.45) is 0 Å². The van der Waals surface area contributed by atoms with Gasteiger partial charge in [0.05, 0.1) is 11.6 Å². The Hall–Kier alpha value is -1.51. The Labute approximate surface area is 121 Å². The number of hydrogen-bond acceptors (Lipinski definition) is 2. The van der Waals surface area contributed by atoms with E-state index in [9.17, 15) is 0 Å². The molecule has 0 saturated heterocycles. The van der Waals surface area contributed by atoms with Crippen LogP contribution in [0.2, 0.25) is 5.02 Å². The topological polar surface area (TPSA) is 12.0 Å². The molecule has 96 valence electrons. The van der Waals surface area contributed by atoms with Crippen molar-refractivity contribution in [3.8, 4) is 0 Å². The van der Waals surface area contributed by atoms with E-state index in [1.165, 1.54) is 15.1 Å². The van der Waals surface area contributed by atoms with E-state index >= 15 is 0 Å². The van der Waals surface area contributed by atoms with Gasteiger partial charge in [-0.2, -0.15) is 0 Å². The van der Waals surface area contributed by atoms with Crippen LogP contribution in [-0.4, -0.2) is 0 Å². The second-order valence-electron chi connectivity index (χ2n) is 4.50. The minimum atomic E-state index is 0.767. The zero-order valence-corrected chi connectivity index (χ0v) is 12.2. The van der Waals surface area contributed by atoms with E-state index in [2.05, 4.69) is 36.5 Å². The van der Waals surface area contributed by atoms with Crippen molar-refractivity contribution in [2.75, 3.05) is 5.32 Å². The third-order valence-electron chi connectivity index (χ3n) is 3.19. The SMILES string of the molecule is Cc1ccccc1NCc1sc2ccccc2c1Cl. The summed E-state index contributed by atoms with van der Waals surface area (Å²) in [5, 5.41) is 5.48. The average Bonchev–Trinajstić information content (AvgIpc) is 2.75. The van der Waals surface area contributed by atoms with Gasteiger partial charge in [-0.1, -0.05) is 48.0 Å². The molecule has 0 spiro atoms. The molecule has 0 amide bonds. The molecule has 0 fully saturated rings. The van der Waals surface area contributed by atoms with Crippen LogP contribution in [0.3, 0.4) is 0 Å². The molecule has 0 aliphatic heterocycles. The van der Waals surface area contributed by atoms with Crippen LogP contribution in [0, 0.1) is 6.92 Å². The monoisotopic (exact) mass is 287 g/mol. The van der Waals surface area contributed by atoms with Gasteiger partial charge in [0.15, 0.2) is 0 Å². The first kappa shape index (κ1) is 12.5. The van der Waals surface area contributed by atoms with Gasteiger partial charge in [0.1, 0.15) is 0 Å². The van der Waals surface area contributed by atoms with E-state index in [-0.39, 0.29) is 0 Å². The molecule has 0 atom stereocenters. The maximum atomic E-state index is 6.43. The number of halogens is 1. The molecule has 19 heavy (non-hydrogen) atoms. The zero-order valence-electron chi connectivity index (χ0n) is 10.6. The molecule has 2 aromatic carbocycles. The molecule has 1 heterocycles. The van der Waals surface area contributed by atoms with E-state index in [0.717, 1.165) is 22.6 Å². The highest BCUT2D eigenvalue weighted by molar-refractivity contribution is 7.19. The van der Waals surface area contributed by atoms with Crippen molar-refractivity contribution in [1.82, 2.24) is 0 Å². The first-order chi connectivity index (χ1) is 9.25. The Kier molecular flexibility index (Phi) is 3.45. The number of hydrogen-bond donors (Lipinski definition) is 1. The minimum absolute atomic E-state index is 0.767. The summed E-state index contributed by atoms with van der Waals surface area (Å²) in [6.07, 6.45) is 0. The van der Waals surface area contributed by atoms with Gasteiger partial charge in [0.2, 0.25) is 0 Å². The number of nitrogens with one attached hydrogen (secondary N) is 1. The molecule has 3 aromatic rings. The summed E-state index contributed by atoms with van der Waals surface area (Å²) >= 11 is 8.19. The van der Waals surface area contributed by atoms with Crippen molar-refractivity contribution >= 4 is 38.7 Å².